The molecule has 2 aromatic rings. The largest absolute Gasteiger partial charge is 0.313 e. The number of hydrogen-bond donors (Lipinski definition) is 1. The summed E-state index contributed by atoms with van der Waals surface area (Å²) in [7, 11) is 1.93. The van der Waals surface area contributed by atoms with E-state index in [1.54, 1.807) is 6.07 Å². The van der Waals surface area contributed by atoms with Crippen LogP contribution >= 0.6 is 38.5 Å². The lowest BCUT2D eigenvalue weighted by atomic mass is 9.99. The van der Waals surface area contributed by atoms with Gasteiger partial charge in [0.05, 0.1) is 4.47 Å². The lowest BCUT2D eigenvalue weighted by Gasteiger charge is -2.19. The zero-order chi connectivity index (χ0) is 13.8. The molecule has 19 heavy (non-hydrogen) atoms. The highest BCUT2D eigenvalue weighted by Gasteiger charge is 2.15. The van der Waals surface area contributed by atoms with Crippen LogP contribution in [0.3, 0.4) is 0 Å². The van der Waals surface area contributed by atoms with Crippen molar-refractivity contribution in [1.82, 2.24) is 5.32 Å². The summed E-state index contributed by atoms with van der Waals surface area (Å²) in [6.45, 7) is 0. The summed E-state index contributed by atoms with van der Waals surface area (Å²) in [4.78, 5) is 0. The normalized spacial score (nSPS) is 12.4. The Labute approximate surface area is 134 Å². The van der Waals surface area contributed by atoms with Gasteiger partial charge in [0.15, 0.2) is 0 Å². The summed E-state index contributed by atoms with van der Waals surface area (Å²) in [5.41, 5.74) is 2.21. The number of likely N-dealkylation sites (N-methyl/N-ethyl adjacent to an activating group) is 1. The maximum absolute atomic E-state index is 13.5. The molecule has 0 heterocycles. The molecule has 1 N–H and O–H groups in total. The van der Waals surface area contributed by atoms with E-state index in [2.05, 4.69) is 56.0 Å². The van der Waals surface area contributed by atoms with Gasteiger partial charge >= 0.3 is 0 Å². The van der Waals surface area contributed by atoms with Gasteiger partial charge in [0.1, 0.15) is 5.82 Å². The van der Waals surface area contributed by atoms with Crippen LogP contribution in [-0.4, -0.2) is 7.05 Å². The molecule has 2 aromatic carbocycles. The SMILES string of the molecule is CNC(Cc1cccc(F)c1Br)c1ccccc1I. The van der Waals surface area contributed by atoms with Crippen molar-refractivity contribution in [3.8, 4) is 0 Å². The summed E-state index contributed by atoms with van der Waals surface area (Å²) in [5, 5.41) is 3.31. The molecule has 0 fully saturated rings. The van der Waals surface area contributed by atoms with E-state index in [1.165, 1.54) is 15.2 Å². The molecule has 0 saturated carbocycles. The van der Waals surface area contributed by atoms with E-state index in [9.17, 15) is 4.39 Å². The maximum atomic E-state index is 13.5. The van der Waals surface area contributed by atoms with Crippen LogP contribution in [0.15, 0.2) is 46.9 Å². The minimum absolute atomic E-state index is 0.172. The Kier molecular flexibility index (Phi) is 5.36. The van der Waals surface area contributed by atoms with Crippen LogP contribution in [0.2, 0.25) is 0 Å². The molecule has 0 bridgehead atoms. The van der Waals surface area contributed by atoms with E-state index in [0.29, 0.717) is 4.47 Å². The molecule has 100 valence electrons. The summed E-state index contributed by atoms with van der Waals surface area (Å²) in [5.74, 6) is -0.213. The quantitative estimate of drug-likeness (QED) is 0.689. The molecule has 1 nitrogen and oxygen atoms in total. The van der Waals surface area contributed by atoms with E-state index in [1.807, 2.05) is 25.2 Å². The number of benzene rings is 2. The molecule has 0 amide bonds. The van der Waals surface area contributed by atoms with Crippen LogP contribution in [0.25, 0.3) is 0 Å². The van der Waals surface area contributed by atoms with Crippen LogP contribution in [0, 0.1) is 9.39 Å². The average Bonchev–Trinajstić information content (AvgIpc) is 2.41. The molecule has 0 saturated heterocycles. The predicted octanol–water partition coefficient (Wildman–Crippen LogP) is 4.70. The Morgan fingerprint density at radius 1 is 1.21 bits per heavy atom. The van der Waals surface area contributed by atoms with Crippen molar-refractivity contribution in [2.75, 3.05) is 7.05 Å². The first-order valence-electron chi connectivity index (χ1n) is 5.98. The third-order valence-electron chi connectivity index (χ3n) is 3.08. The van der Waals surface area contributed by atoms with E-state index in [0.717, 1.165) is 12.0 Å². The summed E-state index contributed by atoms with van der Waals surface area (Å²) >= 11 is 5.66. The highest BCUT2D eigenvalue weighted by Crippen LogP contribution is 2.27. The lowest BCUT2D eigenvalue weighted by Crippen LogP contribution is -2.20. The molecule has 0 radical (unpaired) electrons. The Hall–Kier alpha value is -0.460. The number of nitrogens with one attached hydrogen (secondary N) is 1. The monoisotopic (exact) mass is 433 g/mol. The van der Waals surface area contributed by atoms with Crippen LogP contribution < -0.4 is 5.32 Å². The van der Waals surface area contributed by atoms with Gasteiger partial charge in [-0.3, -0.25) is 0 Å². The zero-order valence-corrected chi connectivity index (χ0v) is 14.2. The van der Waals surface area contributed by atoms with Crippen LogP contribution in [0.1, 0.15) is 17.2 Å². The van der Waals surface area contributed by atoms with Gasteiger partial charge in [-0.05, 0) is 75.2 Å². The Morgan fingerprint density at radius 3 is 2.63 bits per heavy atom. The van der Waals surface area contributed by atoms with Gasteiger partial charge in [-0.15, -0.1) is 0 Å². The molecule has 2 rings (SSSR count). The molecule has 0 aliphatic carbocycles. The van der Waals surface area contributed by atoms with Gasteiger partial charge in [-0.1, -0.05) is 30.3 Å². The van der Waals surface area contributed by atoms with Gasteiger partial charge in [0.2, 0.25) is 0 Å². The molecule has 0 aliphatic heterocycles. The molecule has 1 unspecified atom stereocenters. The van der Waals surface area contributed by atoms with Crippen molar-refractivity contribution < 1.29 is 4.39 Å². The Balaban J connectivity index is 2.30. The van der Waals surface area contributed by atoms with Crippen LogP contribution in [0.5, 0.6) is 0 Å². The zero-order valence-electron chi connectivity index (χ0n) is 10.5. The van der Waals surface area contributed by atoms with E-state index >= 15 is 0 Å². The van der Waals surface area contributed by atoms with Gasteiger partial charge in [0.25, 0.3) is 0 Å². The summed E-state index contributed by atoms with van der Waals surface area (Å²) in [6, 6.07) is 13.6. The average molecular weight is 434 g/mol. The second-order valence-electron chi connectivity index (χ2n) is 4.28. The minimum atomic E-state index is -0.213. The first-order valence-corrected chi connectivity index (χ1v) is 7.85. The fraction of sp³-hybridized carbons (Fsp3) is 0.200. The standard InChI is InChI=1S/C15H14BrFIN/c1-19-14(11-6-2-3-8-13(11)18)9-10-5-4-7-12(17)15(10)16/h2-8,14,19H,9H2,1H3. The Morgan fingerprint density at radius 2 is 1.95 bits per heavy atom. The second-order valence-corrected chi connectivity index (χ2v) is 6.24. The number of rotatable bonds is 4. The summed E-state index contributed by atoms with van der Waals surface area (Å²) in [6.07, 6.45) is 0.745. The Bertz CT molecular complexity index is 574. The topological polar surface area (TPSA) is 12.0 Å². The second kappa shape index (κ2) is 6.81. The van der Waals surface area contributed by atoms with Crippen molar-refractivity contribution in [2.24, 2.45) is 0 Å². The van der Waals surface area contributed by atoms with Crippen molar-refractivity contribution in [1.29, 1.82) is 0 Å². The molecule has 0 aromatic heterocycles. The third-order valence-corrected chi connectivity index (χ3v) is 4.96. The number of halogens is 3. The van der Waals surface area contributed by atoms with Crippen LogP contribution in [-0.2, 0) is 6.42 Å². The van der Waals surface area contributed by atoms with E-state index in [-0.39, 0.29) is 11.9 Å². The first-order chi connectivity index (χ1) is 9.13. The third kappa shape index (κ3) is 3.55. The van der Waals surface area contributed by atoms with E-state index < -0.39 is 0 Å². The lowest BCUT2D eigenvalue weighted by molar-refractivity contribution is 0.578. The predicted molar refractivity (Wildman–Crippen MR) is 88.8 cm³/mol. The molecule has 0 spiro atoms. The van der Waals surface area contributed by atoms with Gasteiger partial charge in [0, 0.05) is 9.61 Å². The van der Waals surface area contributed by atoms with Gasteiger partial charge in [-0.25, -0.2) is 4.39 Å². The fourth-order valence-electron chi connectivity index (χ4n) is 2.05. The van der Waals surface area contributed by atoms with Crippen molar-refractivity contribution >= 4 is 38.5 Å². The molecule has 0 aliphatic rings. The molecule has 4 heteroatoms. The minimum Gasteiger partial charge on any atom is -0.313 e. The first kappa shape index (κ1) is 14.9. The van der Waals surface area contributed by atoms with Gasteiger partial charge < -0.3 is 5.32 Å². The number of hydrogen-bond acceptors (Lipinski definition) is 1. The van der Waals surface area contributed by atoms with Crippen molar-refractivity contribution in [3.05, 3.63) is 67.5 Å². The van der Waals surface area contributed by atoms with Crippen molar-refractivity contribution in [3.63, 3.8) is 0 Å². The maximum Gasteiger partial charge on any atom is 0.137 e. The summed E-state index contributed by atoms with van der Waals surface area (Å²) < 4.78 is 15.3. The van der Waals surface area contributed by atoms with Gasteiger partial charge in [-0.2, -0.15) is 0 Å². The molecular formula is C15H14BrFIN. The molecule has 1 atom stereocenters. The van der Waals surface area contributed by atoms with Crippen molar-refractivity contribution in [2.45, 2.75) is 12.5 Å². The highest BCUT2D eigenvalue weighted by molar-refractivity contribution is 14.1. The fourth-order valence-corrected chi connectivity index (χ4v) is 3.24. The highest BCUT2D eigenvalue weighted by atomic mass is 127. The smallest absolute Gasteiger partial charge is 0.137 e. The molecular weight excluding hydrogens is 420 g/mol. The van der Waals surface area contributed by atoms with Crippen LogP contribution in [0.4, 0.5) is 4.39 Å². The van der Waals surface area contributed by atoms with E-state index in [4.69, 9.17) is 0 Å².